The van der Waals surface area contributed by atoms with Crippen molar-refractivity contribution in [1.29, 1.82) is 0 Å². The molecule has 11 heteroatoms. The summed E-state index contributed by atoms with van der Waals surface area (Å²) in [6, 6.07) is 12.4. The van der Waals surface area contributed by atoms with E-state index in [9.17, 15) is 22.8 Å². The fourth-order valence-corrected chi connectivity index (χ4v) is 4.86. The molecule has 1 aliphatic heterocycles. The van der Waals surface area contributed by atoms with E-state index in [4.69, 9.17) is 0 Å². The topological polar surface area (TPSA) is 130 Å². The van der Waals surface area contributed by atoms with Gasteiger partial charge >= 0.3 is 0 Å². The van der Waals surface area contributed by atoms with Gasteiger partial charge in [-0.05, 0) is 43.2 Å². The second-order valence-corrected chi connectivity index (χ2v) is 10.0. The minimum Gasteiger partial charge on any atom is -0.312 e. The first-order valence-electron chi connectivity index (χ1n) is 11.5. The van der Waals surface area contributed by atoms with Gasteiger partial charge in [-0.15, -0.1) is 4.83 Å². The number of benzene rings is 2. The highest BCUT2D eigenvalue weighted by Crippen LogP contribution is 2.23. The average molecular weight is 498 g/mol. The zero-order chi connectivity index (χ0) is 25.0. The van der Waals surface area contributed by atoms with Crippen LogP contribution >= 0.6 is 0 Å². The molecule has 2 amide bonds. The highest BCUT2D eigenvalue weighted by molar-refractivity contribution is 7.89. The van der Waals surface area contributed by atoms with Crippen molar-refractivity contribution in [2.24, 2.45) is 0 Å². The predicted octanol–water partition coefficient (Wildman–Crippen LogP) is 2.34. The molecule has 0 radical (unpaired) electrons. The van der Waals surface area contributed by atoms with Gasteiger partial charge in [0, 0.05) is 30.6 Å². The number of fused-ring (bicyclic) bond motifs is 1. The lowest BCUT2D eigenvalue weighted by Gasteiger charge is -2.16. The first kappa shape index (κ1) is 24.6. The summed E-state index contributed by atoms with van der Waals surface area (Å²) in [5.74, 6) is -0.782. The average Bonchev–Trinajstić information content (AvgIpc) is 3.30. The molecule has 0 spiro atoms. The second kappa shape index (κ2) is 10.4. The number of nitrogens with zero attached hydrogens (tertiary/aromatic N) is 3. The molecule has 2 N–H and O–H groups in total. The number of amides is 2. The van der Waals surface area contributed by atoms with Crippen molar-refractivity contribution in [3.63, 3.8) is 0 Å². The number of carbonyl (C=O) groups is 2. The van der Waals surface area contributed by atoms with Gasteiger partial charge in [0.25, 0.3) is 21.5 Å². The number of hydrogen-bond acceptors (Lipinski definition) is 6. The van der Waals surface area contributed by atoms with Crippen LogP contribution in [-0.2, 0) is 21.4 Å². The number of rotatable bonds is 9. The molecule has 0 atom stereocenters. The molecular formula is C24H27N5O5S. The number of carbonyl (C=O) groups excluding carboxylic acids is 2. The van der Waals surface area contributed by atoms with Gasteiger partial charge in [0.2, 0.25) is 5.91 Å². The van der Waals surface area contributed by atoms with Gasteiger partial charge in [-0.25, -0.2) is 13.1 Å². The van der Waals surface area contributed by atoms with Gasteiger partial charge in [0.05, 0.1) is 10.3 Å². The summed E-state index contributed by atoms with van der Waals surface area (Å²) < 4.78 is 26.7. The van der Waals surface area contributed by atoms with Crippen LogP contribution < -0.4 is 20.7 Å². The summed E-state index contributed by atoms with van der Waals surface area (Å²) in [4.78, 5) is 41.2. The molecule has 1 aromatic heterocycles. The van der Waals surface area contributed by atoms with E-state index in [2.05, 4.69) is 15.4 Å². The van der Waals surface area contributed by atoms with E-state index in [0.29, 0.717) is 36.0 Å². The Morgan fingerprint density at radius 2 is 1.74 bits per heavy atom. The third-order valence-corrected chi connectivity index (χ3v) is 7.15. The van der Waals surface area contributed by atoms with Crippen LogP contribution in [0.1, 0.15) is 49.5 Å². The quantitative estimate of drug-likeness (QED) is 0.345. The van der Waals surface area contributed by atoms with Crippen LogP contribution in [-0.4, -0.2) is 36.6 Å². The lowest BCUT2D eigenvalue weighted by atomic mass is 10.1. The standard InChI is InChI=1S/C24H27N5O5S/c1-2-3-6-16-29-24(32)20-9-5-4-8-19(20)22(26-29)23(31)25-27-35(33,34)18-13-11-17(12-14-18)28-15-7-10-21(28)30/h4-5,8-9,11-14,27H,2-3,6-7,10,15-16H2,1H3,(H,25,31). The molecule has 1 fully saturated rings. The smallest absolute Gasteiger partial charge is 0.287 e. The Morgan fingerprint density at radius 1 is 1.03 bits per heavy atom. The molecule has 0 aliphatic carbocycles. The number of nitrogens with one attached hydrogen (secondary N) is 2. The number of unbranched alkanes of at least 4 members (excludes halogenated alkanes) is 2. The Balaban J connectivity index is 1.53. The molecule has 10 nitrogen and oxygen atoms in total. The maximum atomic E-state index is 12.9. The van der Waals surface area contributed by atoms with E-state index in [1.54, 1.807) is 41.3 Å². The highest BCUT2D eigenvalue weighted by Gasteiger charge is 2.23. The van der Waals surface area contributed by atoms with Crippen LogP contribution in [0.25, 0.3) is 10.8 Å². The van der Waals surface area contributed by atoms with Gasteiger partial charge in [-0.1, -0.05) is 38.0 Å². The van der Waals surface area contributed by atoms with Crippen molar-refractivity contribution in [3.8, 4) is 0 Å². The molecule has 1 aliphatic rings. The van der Waals surface area contributed by atoms with Crippen LogP contribution in [0.2, 0.25) is 0 Å². The van der Waals surface area contributed by atoms with E-state index in [-0.39, 0.29) is 22.1 Å². The van der Waals surface area contributed by atoms with Crippen molar-refractivity contribution in [2.75, 3.05) is 11.4 Å². The molecular weight excluding hydrogens is 470 g/mol. The second-order valence-electron chi connectivity index (χ2n) is 8.33. The maximum Gasteiger partial charge on any atom is 0.287 e. The lowest BCUT2D eigenvalue weighted by Crippen LogP contribution is -2.42. The van der Waals surface area contributed by atoms with Crippen molar-refractivity contribution in [3.05, 3.63) is 64.6 Å². The van der Waals surface area contributed by atoms with Gasteiger partial charge in [-0.3, -0.25) is 19.8 Å². The third kappa shape index (κ3) is 5.25. The molecule has 4 rings (SSSR count). The minimum absolute atomic E-state index is 0.00162. The summed E-state index contributed by atoms with van der Waals surface area (Å²) >= 11 is 0. The number of hydrogen-bond donors (Lipinski definition) is 2. The number of sulfonamides is 1. The lowest BCUT2D eigenvalue weighted by molar-refractivity contribution is -0.117. The van der Waals surface area contributed by atoms with Gasteiger partial charge in [-0.2, -0.15) is 5.10 Å². The van der Waals surface area contributed by atoms with Crippen molar-refractivity contribution < 1.29 is 18.0 Å². The monoisotopic (exact) mass is 497 g/mol. The molecule has 1 saturated heterocycles. The molecule has 0 bridgehead atoms. The molecule has 2 aromatic carbocycles. The number of anilines is 1. The van der Waals surface area contributed by atoms with E-state index < -0.39 is 15.9 Å². The van der Waals surface area contributed by atoms with Crippen LogP contribution in [0.15, 0.2) is 58.2 Å². The Bertz CT molecular complexity index is 1420. The van der Waals surface area contributed by atoms with Gasteiger partial charge in [0.15, 0.2) is 5.69 Å². The molecule has 3 aromatic rings. The van der Waals surface area contributed by atoms with Crippen LogP contribution in [0, 0.1) is 0 Å². The molecule has 35 heavy (non-hydrogen) atoms. The Kier molecular flexibility index (Phi) is 7.27. The molecule has 184 valence electrons. The first-order chi connectivity index (χ1) is 16.8. The Labute approximate surface area is 203 Å². The maximum absolute atomic E-state index is 12.9. The molecule has 2 heterocycles. The van der Waals surface area contributed by atoms with Crippen LogP contribution in [0.4, 0.5) is 5.69 Å². The van der Waals surface area contributed by atoms with Crippen molar-refractivity contribution in [1.82, 2.24) is 20.0 Å². The van der Waals surface area contributed by atoms with Crippen LogP contribution in [0.5, 0.6) is 0 Å². The zero-order valence-corrected chi connectivity index (χ0v) is 20.2. The summed E-state index contributed by atoms with van der Waals surface area (Å²) in [7, 11) is -4.09. The predicted molar refractivity (Wildman–Crippen MR) is 131 cm³/mol. The van der Waals surface area contributed by atoms with E-state index in [1.807, 2.05) is 6.92 Å². The number of hydrazine groups is 1. The van der Waals surface area contributed by atoms with E-state index in [0.717, 1.165) is 25.7 Å². The number of aromatic nitrogens is 2. The fourth-order valence-electron chi connectivity index (χ4n) is 4.02. The first-order valence-corrected chi connectivity index (χ1v) is 13.0. The summed E-state index contributed by atoms with van der Waals surface area (Å²) in [6.45, 7) is 3.00. The number of aryl methyl sites for hydroxylation is 1. The molecule has 0 unspecified atom stereocenters. The largest absolute Gasteiger partial charge is 0.312 e. The van der Waals surface area contributed by atoms with Crippen molar-refractivity contribution >= 4 is 38.3 Å². The summed E-state index contributed by atoms with van der Waals surface area (Å²) in [5, 5.41) is 4.89. The molecule has 0 saturated carbocycles. The summed E-state index contributed by atoms with van der Waals surface area (Å²) in [5.41, 5.74) is 2.47. The Hall–Kier alpha value is -3.57. The summed E-state index contributed by atoms with van der Waals surface area (Å²) in [6.07, 6.45) is 3.84. The fraction of sp³-hybridized carbons (Fsp3) is 0.333. The minimum atomic E-state index is -4.09. The zero-order valence-electron chi connectivity index (χ0n) is 19.4. The third-order valence-electron chi connectivity index (χ3n) is 5.89. The van der Waals surface area contributed by atoms with E-state index in [1.165, 1.54) is 16.8 Å². The normalized spacial score (nSPS) is 14.0. The van der Waals surface area contributed by atoms with Gasteiger partial charge < -0.3 is 4.90 Å². The highest BCUT2D eigenvalue weighted by atomic mass is 32.2. The van der Waals surface area contributed by atoms with Gasteiger partial charge in [0.1, 0.15) is 0 Å². The van der Waals surface area contributed by atoms with Crippen molar-refractivity contribution in [2.45, 2.75) is 50.5 Å². The van der Waals surface area contributed by atoms with Crippen LogP contribution in [0.3, 0.4) is 0 Å². The SMILES string of the molecule is CCCCCn1nc(C(=O)NNS(=O)(=O)c2ccc(N3CCCC3=O)cc2)c2ccccc2c1=O. The van der Waals surface area contributed by atoms with E-state index >= 15 is 0 Å². The Morgan fingerprint density at radius 3 is 2.40 bits per heavy atom.